The Hall–Kier alpha value is -3.35. The molecule has 1 aliphatic carbocycles. The molecule has 7 nitrogen and oxygen atoms in total. The molecule has 2 aliphatic rings. The summed E-state index contributed by atoms with van der Waals surface area (Å²) in [4.78, 5) is 39.7. The van der Waals surface area contributed by atoms with E-state index in [-0.39, 0.29) is 31.4 Å². The van der Waals surface area contributed by atoms with Gasteiger partial charge in [-0.15, -0.1) is 0 Å². The molecule has 0 radical (unpaired) electrons. The smallest absolute Gasteiger partial charge is 0.410 e. The van der Waals surface area contributed by atoms with E-state index in [0.29, 0.717) is 6.42 Å². The Labute approximate surface area is 181 Å². The largest absolute Gasteiger partial charge is 0.480 e. The number of carboxylic acids is 1. The van der Waals surface area contributed by atoms with Crippen LogP contribution in [-0.4, -0.2) is 66.2 Å². The van der Waals surface area contributed by atoms with Crippen LogP contribution < -0.4 is 0 Å². The Balaban J connectivity index is 1.52. The maximum Gasteiger partial charge on any atom is 0.410 e. The highest BCUT2D eigenvalue weighted by Gasteiger charge is 2.40. The van der Waals surface area contributed by atoms with Crippen molar-refractivity contribution >= 4 is 18.0 Å². The molecule has 2 amide bonds. The van der Waals surface area contributed by atoms with Gasteiger partial charge in [0.1, 0.15) is 12.6 Å². The summed E-state index contributed by atoms with van der Waals surface area (Å²) in [5.41, 5.74) is 4.42. The Morgan fingerprint density at radius 1 is 1.00 bits per heavy atom. The first kappa shape index (κ1) is 20.9. The van der Waals surface area contributed by atoms with Gasteiger partial charge in [0, 0.05) is 26.6 Å². The SMILES string of the molecule is CN(C)C(=O)C1CCC(C(=O)O)N(C(=O)OCC2c3ccccc3-c3ccccc32)C1. The first-order valence-electron chi connectivity index (χ1n) is 10.4. The van der Waals surface area contributed by atoms with E-state index in [1.807, 2.05) is 36.4 Å². The van der Waals surface area contributed by atoms with Crippen molar-refractivity contribution in [1.29, 1.82) is 0 Å². The van der Waals surface area contributed by atoms with Crippen molar-refractivity contribution < 1.29 is 24.2 Å². The average Bonchev–Trinajstić information content (AvgIpc) is 3.10. The monoisotopic (exact) mass is 422 g/mol. The molecule has 2 aromatic carbocycles. The van der Waals surface area contributed by atoms with Crippen LogP contribution in [0, 0.1) is 5.92 Å². The second-order valence-corrected chi connectivity index (χ2v) is 8.32. The molecule has 7 heteroatoms. The number of likely N-dealkylation sites (tertiary alicyclic amines) is 1. The molecule has 0 spiro atoms. The fourth-order valence-electron chi connectivity index (χ4n) is 4.67. The van der Waals surface area contributed by atoms with Gasteiger partial charge in [0.05, 0.1) is 5.92 Å². The van der Waals surface area contributed by atoms with Crippen LogP contribution in [-0.2, 0) is 14.3 Å². The predicted octanol–water partition coefficient (Wildman–Crippen LogP) is 3.19. The molecule has 1 heterocycles. The number of carbonyl (C=O) groups is 3. The fraction of sp³-hybridized carbons (Fsp3) is 0.375. The molecular weight excluding hydrogens is 396 g/mol. The third-order valence-corrected chi connectivity index (χ3v) is 6.23. The highest BCUT2D eigenvalue weighted by atomic mass is 16.6. The zero-order valence-electron chi connectivity index (χ0n) is 17.7. The molecule has 2 atom stereocenters. The van der Waals surface area contributed by atoms with Gasteiger partial charge in [-0.25, -0.2) is 9.59 Å². The molecule has 0 saturated carbocycles. The Morgan fingerprint density at radius 2 is 1.58 bits per heavy atom. The Kier molecular flexibility index (Phi) is 5.67. The van der Waals surface area contributed by atoms with E-state index in [1.54, 1.807) is 14.1 Å². The number of nitrogens with zero attached hydrogens (tertiary/aromatic N) is 2. The quantitative estimate of drug-likeness (QED) is 0.818. The van der Waals surface area contributed by atoms with Crippen molar-refractivity contribution in [2.24, 2.45) is 5.92 Å². The Bertz CT molecular complexity index is 973. The third kappa shape index (κ3) is 3.87. The van der Waals surface area contributed by atoms with Gasteiger partial charge >= 0.3 is 12.1 Å². The van der Waals surface area contributed by atoms with Crippen LogP contribution in [0.3, 0.4) is 0 Å². The molecule has 1 fully saturated rings. The zero-order chi connectivity index (χ0) is 22.1. The number of piperidine rings is 1. The number of amides is 2. The van der Waals surface area contributed by atoms with Crippen LogP contribution in [0.5, 0.6) is 0 Å². The minimum Gasteiger partial charge on any atom is -0.480 e. The third-order valence-electron chi connectivity index (χ3n) is 6.23. The van der Waals surface area contributed by atoms with Crippen LogP contribution in [0.25, 0.3) is 11.1 Å². The number of hydrogen-bond acceptors (Lipinski definition) is 4. The summed E-state index contributed by atoms with van der Waals surface area (Å²) in [7, 11) is 3.31. The summed E-state index contributed by atoms with van der Waals surface area (Å²) >= 11 is 0. The first-order valence-corrected chi connectivity index (χ1v) is 10.4. The number of fused-ring (bicyclic) bond motifs is 3. The van der Waals surface area contributed by atoms with Gasteiger partial charge in [-0.3, -0.25) is 9.69 Å². The van der Waals surface area contributed by atoms with Gasteiger partial charge in [-0.05, 0) is 35.1 Å². The van der Waals surface area contributed by atoms with Crippen LogP contribution in [0.15, 0.2) is 48.5 Å². The van der Waals surface area contributed by atoms with Crippen LogP contribution in [0.4, 0.5) is 4.79 Å². The number of aliphatic carboxylic acids is 1. The maximum atomic E-state index is 12.9. The maximum absolute atomic E-state index is 12.9. The number of rotatable bonds is 4. The van der Waals surface area contributed by atoms with Gasteiger partial charge in [-0.1, -0.05) is 48.5 Å². The van der Waals surface area contributed by atoms with E-state index in [2.05, 4.69) is 12.1 Å². The molecule has 0 bridgehead atoms. The van der Waals surface area contributed by atoms with Crippen molar-refractivity contribution in [2.75, 3.05) is 27.2 Å². The highest BCUT2D eigenvalue weighted by molar-refractivity contribution is 5.84. The second-order valence-electron chi connectivity index (χ2n) is 8.32. The summed E-state index contributed by atoms with van der Waals surface area (Å²) in [5.74, 6) is -1.72. The minimum absolute atomic E-state index is 0.0463. The van der Waals surface area contributed by atoms with Gasteiger partial charge in [0.2, 0.25) is 5.91 Å². The van der Waals surface area contributed by atoms with E-state index >= 15 is 0 Å². The molecule has 31 heavy (non-hydrogen) atoms. The van der Waals surface area contributed by atoms with E-state index < -0.39 is 24.0 Å². The summed E-state index contributed by atoms with van der Waals surface area (Å²) in [6.07, 6.45) is -0.0317. The van der Waals surface area contributed by atoms with E-state index in [4.69, 9.17) is 4.74 Å². The summed E-state index contributed by atoms with van der Waals surface area (Å²) < 4.78 is 5.65. The highest BCUT2D eigenvalue weighted by Crippen LogP contribution is 2.44. The molecule has 2 unspecified atom stereocenters. The van der Waals surface area contributed by atoms with Gasteiger partial charge in [0.15, 0.2) is 0 Å². The molecular formula is C24H26N2O5. The standard InChI is InChI=1S/C24H26N2O5/c1-25(2)22(27)15-11-12-21(23(28)29)26(13-15)24(30)31-14-20-18-9-5-3-7-16(18)17-8-4-6-10-19(17)20/h3-10,15,20-21H,11-14H2,1-2H3,(H,28,29). The molecule has 1 aliphatic heterocycles. The number of ether oxygens (including phenoxy) is 1. The number of carbonyl (C=O) groups excluding carboxylic acids is 2. The Morgan fingerprint density at radius 3 is 2.13 bits per heavy atom. The van der Waals surface area contributed by atoms with E-state index in [1.165, 1.54) is 9.80 Å². The number of benzene rings is 2. The van der Waals surface area contributed by atoms with Gasteiger partial charge in [-0.2, -0.15) is 0 Å². The minimum atomic E-state index is -1.08. The lowest BCUT2D eigenvalue weighted by Gasteiger charge is -2.37. The molecule has 0 aromatic heterocycles. The molecule has 4 rings (SSSR count). The van der Waals surface area contributed by atoms with E-state index in [9.17, 15) is 19.5 Å². The summed E-state index contributed by atoms with van der Waals surface area (Å²) in [6.45, 7) is 0.159. The van der Waals surface area contributed by atoms with E-state index in [0.717, 1.165) is 22.3 Å². The molecule has 1 N–H and O–H groups in total. The van der Waals surface area contributed by atoms with Crippen molar-refractivity contribution in [2.45, 2.75) is 24.8 Å². The van der Waals surface area contributed by atoms with Crippen molar-refractivity contribution in [3.63, 3.8) is 0 Å². The molecule has 1 saturated heterocycles. The lowest BCUT2D eigenvalue weighted by atomic mass is 9.92. The topological polar surface area (TPSA) is 87.2 Å². The van der Waals surface area contributed by atoms with Gasteiger partial charge in [0.25, 0.3) is 0 Å². The van der Waals surface area contributed by atoms with Crippen LogP contribution in [0.1, 0.15) is 29.9 Å². The summed E-state index contributed by atoms with van der Waals surface area (Å²) in [6, 6.07) is 15.1. The summed E-state index contributed by atoms with van der Waals surface area (Å²) in [5, 5.41) is 9.59. The van der Waals surface area contributed by atoms with Crippen molar-refractivity contribution in [3.05, 3.63) is 59.7 Å². The van der Waals surface area contributed by atoms with Gasteiger partial charge < -0.3 is 14.7 Å². The first-order chi connectivity index (χ1) is 14.9. The zero-order valence-corrected chi connectivity index (χ0v) is 17.7. The lowest BCUT2D eigenvalue weighted by Crippen LogP contribution is -2.53. The van der Waals surface area contributed by atoms with Crippen LogP contribution >= 0.6 is 0 Å². The number of hydrogen-bond donors (Lipinski definition) is 1. The van der Waals surface area contributed by atoms with Crippen molar-refractivity contribution in [1.82, 2.24) is 9.80 Å². The van der Waals surface area contributed by atoms with Crippen molar-refractivity contribution in [3.8, 4) is 11.1 Å². The second kappa shape index (κ2) is 8.41. The fourth-order valence-corrected chi connectivity index (χ4v) is 4.67. The number of carboxylic acid groups (broad SMARTS) is 1. The molecule has 2 aromatic rings. The predicted molar refractivity (Wildman–Crippen MR) is 115 cm³/mol. The average molecular weight is 422 g/mol. The normalized spacial score (nSPS) is 20.0. The van der Waals surface area contributed by atoms with Crippen LogP contribution in [0.2, 0.25) is 0 Å². The lowest BCUT2D eigenvalue weighted by molar-refractivity contribution is -0.147. The molecule has 162 valence electrons.